The van der Waals surface area contributed by atoms with Crippen molar-refractivity contribution in [3.8, 4) is 11.3 Å². The van der Waals surface area contributed by atoms with Gasteiger partial charge in [0.15, 0.2) is 0 Å². The number of nitrogens with two attached hydrogens (primary N) is 1. The molecule has 0 unspecified atom stereocenters. The summed E-state index contributed by atoms with van der Waals surface area (Å²) in [6, 6.07) is 11.6. The summed E-state index contributed by atoms with van der Waals surface area (Å²) in [5.41, 5.74) is 7.89. The summed E-state index contributed by atoms with van der Waals surface area (Å²) in [5.74, 6) is 0. The summed E-state index contributed by atoms with van der Waals surface area (Å²) >= 11 is 0. The minimum absolute atomic E-state index is 0.358. The maximum Gasteiger partial charge on any atom is 0.325 e. The molecular weight excluding hydrogens is 342 g/mol. The molecule has 7 heteroatoms. The van der Waals surface area contributed by atoms with E-state index < -0.39 is 11.6 Å². The molecule has 1 amide bonds. The number of carbonyl (C=O) groups excluding carboxylic acids is 1. The molecule has 2 heterocycles. The Balaban J connectivity index is 1.88. The van der Waals surface area contributed by atoms with Gasteiger partial charge in [0.2, 0.25) is 0 Å². The summed E-state index contributed by atoms with van der Waals surface area (Å²) < 4.78 is 0.853. The molecule has 0 spiro atoms. The molecule has 2 aromatic heterocycles. The first kappa shape index (κ1) is 18.9. The van der Waals surface area contributed by atoms with Gasteiger partial charge in [0, 0.05) is 42.8 Å². The lowest BCUT2D eigenvalue weighted by molar-refractivity contribution is 0.249. The van der Waals surface area contributed by atoms with Gasteiger partial charge in [-0.25, -0.2) is 9.36 Å². The number of fused-ring (bicyclic) bond motifs is 1. The average Bonchev–Trinajstić information content (AvgIpc) is 3.03. The van der Waals surface area contributed by atoms with Gasteiger partial charge in [-0.05, 0) is 51.0 Å². The third-order valence-corrected chi connectivity index (χ3v) is 4.47. The van der Waals surface area contributed by atoms with E-state index in [9.17, 15) is 9.59 Å². The SMILES string of the molecule is CN(C)CCN(C)Cc1ccc2[nH]c(-c3c[c]cn(C(N)=O)c3=O)cc2c1. The number of nitrogens with zero attached hydrogens (tertiary/aromatic N) is 3. The molecule has 0 atom stereocenters. The lowest BCUT2D eigenvalue weighted by atomic mass is 10.1. The highest BCUT2D eigenvalue weighted by Crippen LogP contribution is 2.23. The maximum absolute atomic E-state index is 12.4. The highest BCUT2D eigenvalue weighted by Gasteiger charge is 2.12. The van der Waals surface area contributed by atoms with Crippen LogP contribution in [0.4, 0.5) is 4.79 Å². The Morgan fingerprint density at radius 2 is 2.00 bits per heavy atom. The molecule has 3 rings (SSSR count). The van der Waals surface area contributed by atoms with Gasteiger partial charge in [-0.15, -0.1) is 0 Å². The fourth-order valence-electron chi connectivity index (χ4n) is 2.99. The number of primary amides is 1. The van der Waals surface area contributed by atoms with Gasteiger partial charge in [-0.3, -0.25) is 4.79 Å². The molecule has 141 valence electrons. The second kappa shape index (κ2) is 7.77. The van der Waals surface area contributed by atoms with Crippen molar-refractivity contribution < 1.29 is 4.79 Å². The quantitative estimate of drug-likeness (QED) is 0.695. The summed E-state index contributed by atoms with van der Waals surface area (Å²) in [6.07, 6.45) is 1.25. The number of nitrogens with one attached hydrogen (secondary N) is 1. The van der Waals surface area contributed by atoms with Crippen LogP contribution in [0, 0.1) is 6.07 Å². The molecule has 0 fully saturated rings. The molecule has 0 aliphatic carbocycles. The second-order valence-electron chi connectivity index (χ2n) is 7.01. The Hall–Kier alpha value is -2.90. The topological polar surface area (TPSA) is 87.4 Å². The van der Waals surface area contributed by atoms with Crippen molar-refractivity contribution in [3.63, 3.8) is 0 Å². The van der Waals surface area contributed by atoms with Crippen LogP contribution in [0.15, 0.2) is 41.3 Å². The molecule has 0 saturated carbocycles. The van der Waals surface area contributed by atoms with Crippen LogP contribution in [0.1, 0.15) is 5.56 Å². The Bertz CT molecular complexity index is 1020. The van der Waals surface area contributed by atoms with Crippen molar-refractivity contribution in [2.24, 2.45) is 5.73 Å². The summed E-state index contributed by atoms with van der Waals surface area (Å²) in [4.78, 5) is 31.5. The Morgan fingerprint density at radius 3 is 2.70 bits per heavy atom. The van der Waals surface area contributed by atoms with Gasteiger partial charge in [0.25, 0.3) is 5.56 Å². The number of likely N-dealkylation sites (N-methyl/N-ethyl adjacent to an activating group) is 2. The largest absolute Gasteiger partial charge is 0.354 e. The number of aromatic amines is 1. The van der Waals surface area contributed by atoms with E-state index in [2.05, 4.69) is 54.1 Å². The van der Waals surface area contributed by atoms with E-state index in [0.717, 1.165) is 35.1 Å². The average molecular weight is 366 g/mol. The van der Waals surface area contributed by atoms with Gasteiger partial charge < -0.3 is 20.5 Å². The van der Waals surface area contributed by atoms with E-state index in [1.165, 1.54) is 11.8 Å². The zero-order valence-electron chi connectivity index (χ0n) is 15.8. The number of pyridine rings is 1. The normalized spacial score (nSPS) is 11.6. The molecule has 3 N–H and O–H groups in total. The standard InChI is InChI=1S/C20H24N5O2/c1-23(2)9-10-24(3)13-14-6-7-17-15(11-14)12-18(22-17)16-5-4-8-25(19(16)26)20(21)27/h5-8,11-12,22H,9-10,13H2,1-3H3,(H2,21,27). The van der Waals surface area contributed by atoms with E-state index in [-0.39, 0.29) is 0 Å². The number of amides is 1. The number of benzene rings is 1. The van der Waals surface area contributed by atoms with Crippen molar-refractivity contribution in [1.82, 2.24) is 19.4 Å². The smallest absolute Gasteiger partial charge is 0.325 e. The first-order valence-electron chi connectivity index (χ1n) is 8.73. The molecule has 7 nitrogen and oxygen atoms in total. The van der Waals surface area contributed by atoms with Crippen LogP contribution in [-0.4, -0.2) is 59.6 Å². The predicted octanol–water partition coefficient (Wildman–Crippen LogP) is 1.72. The van der Waals surface area contributed by atoms with Crippen molar-refractivity contribution in [2.45, 2.75) is 6.54 Å². The second-order valence-corrected chi connectivity index (χ2v) is 7.01. The van der Waals surface area contributed by atoms with Gasteiger partial charge in [-0.1, -0.05) is 6.07 Å². The first-order chi connectivity index (χ1) is 12.8. The molecule has 3 aromatic rings. The fourth-order valence-corrected chi connectivity index (χ4v) is 2.99. The van der Waals surface area contributed by atoms with Crippen LogP contribution in [-0.2, 0) is 6.54 Å². The fraction of sp³-hybridized carbons (Fsp3) is 0.300. The van der Waals surface area contributed by atoms with Gasteiger partial charge >= 0.3 is 6.03 Å². The lowest BCUT2D eigenvalue weighted by Crippen LogP contribution is -2.31. The van der Waals surface area contributed by atoms with Crippen LogP contribution >= 0.6 is 0 Å². The minimum Gasteiger partial charge on any atom is -0.354 e. The Kier molecular flexibility index (Phi) is 5.43. The van der Waals surface area contributed by atoms with Crippen molar-refractivity contribution in [3.05, 3.63) is 58.5 Å². The highest BCUT2D eigenvalue weighted by atomic mass is 16.2. The van der Waals surface area contributed by atoms with E-state index in [1.807, 2.05) is 12.1 Å². The monoisotopic (exact) mass is 366 g/mol. The lowest BCUT2D eigenvalue weighted by Gasteiger charge is -2.19. The Morgan fingerprint density at radius 1 is 1.22 bits per heavy atom. The van der Waals surface area contributed by atoms with Crippen molar-refractivity contribution >= 4 is 16.9 Å². The van der Waals surface area contributed by atoms with Crippen LogP contribution in [0.5, 0.6) is 0 Å². The zero-order valence-corrected chi connectivity index (χ0v) is 15.8. The molecule has 0 bridgehead atoms. The molecule has 0 aliphatic heterocycles. The predicted molar refractivity (Wildman–Crippen MR) is 107 cm³/mol. The summed E-state index contributed by atoms with van der Waals surface area (Å²) in [7, 11) is 6.23. The number of hydrogen-bond acceptors (Lipinski definition) is 4. The zero-order chi connectivity index (χ0) is 19.6. The number of aromatic nitrogens is 2. The molecule has 27 heavy (non-hydrogen) atoms. The van der Waals surface area contributed by atoms with Crippen molar-refractivity contribution in [2.75, 3.05) is 34.2 Å². The molecule has 0 aliphatic rings. The summed E-state index contributed by atoms with van der Waals surface area (Å²) in [5, 5.41) is 1.01. The van der Waals surface area contributed by atoms with Gasteiger partial charge in [-0.2, -0.15) is 0 Å². The maximum atomic E-state index is 12.4. The summed E-state index contributed by atoms with van der Waals surface area (Å²) in [6.45, 7) is 2.83. The van der Waals surface area contributed by atoms with Crippen LogP contribution < -0.4 is 11.3 Å². The Labute approximate surface area is 158 Å². The van der Waals surface area contributed by atoms with E-state index in [1.54, 1.807) is 6.07 Å². The van der Waals surface area contributed by atoms with Crippen molar-refractivity contribution in [1.29, 1.82) is 0 Å². The van der Waals surface area contributed by atoms with E-state index in [4.69, 9.17) is 5.73 Å². The number of H-pyrrole nitrogens is 1. The van der Waals surface area contributed by atoms with Crippen LogP contribution in [0.2, 0.25) is 0 Å². The van der Waals surface area contributed by atoms with Crippen LogP contribution in [0.25, 0.3) is 22.2 Å². The molecule has 1 aromatic carbocycles. The van der Waals surface area contributed by atoms with Crippen LogP contribution in [0.3, 0.4) is 0 Å². The highest BCUT2D eigenvalue weighted by molar-refractivity contribution is 5.86. The van der Waals surface area contributed by atoms with E-state index >= 15 is 0 Å². The number of carbonyl (C=O) groups is 1. The first-order valence-corrected chi connectivity index (χ1v) is 8.73. The number of rotatable bonds is 6. The molecular formula is C20H24N5O2. The minimum atomic E-state index is -0.822. The number of hydrogen-bond donors (Lipinski definition) is 2. The van der Waals surface area contributed by atoms with Gasteiger partial charge in [0.05, 0.1) is 11.3 Å². The van der Waals surface area contributed by atoms with Gasteiger partial charge in [0.1, 0.15) is 0 Å². The van der Waals surface area contributed by atoms with E-state index in [0.29, 0.717) is 11.3 Å². The third-order valence-electron chi connectivity index (χ3n) is 4.47. The third kappa shape index (κ3) is 4.27. The molecule has 1 radical (unpaired) electrons. The molecule has 0 saturated heterocycles.